The van der Waals surface area contributed by atoms with E-state index in [9.17, 15) is 0 Å². The fraction of sp³-hybridized carbons (Fsp3) is 0.192. The monoisotopic (exact) mass is 402 g/mol. The third kappa shape index (κ3) is 7.89. The van der Waals surface area contributed by atoms with Crippen LogP contribution < -0.4 is 5.73 Å². The van der Waals surface area contributed by atoms with Crippen LogP contribution in [0.3, 0.4) is 0 Å². The van der Waals surface area contributed by atoms with Crippen molar-refractivity contribution in [3.05, 3.63) is 112 Å². The van der Waals surface area contributed by atoms with Gasteiger partial charge in [0.2, 0.25) is 0 Å². The van der Waals surface area contributed by atoms with Crippen molar-refractivity contribution in [1.82, 2.24) is 0 Å². The standard InChI is InChI=1S/C26H30N2S/c1-6-8-26(29-5)21(4)20(3)9-14-24(7-2)25-15-12-22(13-16-25)10-11-23(19-28)17-18-27/h6-9,11-18H,2,10,27H2,1,3-5H3/b8-6-,18-17-,20-9+,23-11+,24-14+,26-21-. The fourth-order valence-corrected chi connectivity index (χ4v) is 3.37. The number of nitrogens with zero attached hydrogens (tertiary/aromatic N) is 1. The summed E-state index contributed by atoms with van der Waals surface area (Å²) in [6.45, 7) is 10.3. The highest BCUT2D eigenvalue weighted by atomic mass is 32.2. The predicted molar refractivity (Wildman–Crippen MR) is 130 cm³/mol. The minimum Gasteiger partial charge on any atom is -0.405 e. The van der Waals surface area contributed by atoms with Gasteiger partial charge in [0.05, 0.1) is 6.07 Å². The molecule has 1 aromatic carbocycles. The molecule has 0 atom stereocenters. The average Bonchev–Trinajstić information content (AvgIpc) is 2.75. The van der Waals surface area contributed by atoms with Gasteiger partial charge in [0.1, 0.15) is 0 Å². The fourth-order valence-electron chi connectivity index (χ4n) is 2.63. The summed E-state index contributed by atoms with van der Waals surface area (Å²) in [7, 11) is 0. The van der Waals surface area contributed by atoms with Crippen molar-refractivity contribution in [2.45, 2.75) is 27.2 Å². The Labute approximate surface area is 180 Å². The van der Waals surface area contributed by atoms with Gasteiger partial charge in [0, 0.05) is 10.5 Å². The maximum atomic E-state index is 9.05. The number of rotatable bonds is 9. The van der Waals surface area contributed by atoms with Crippen LogP contribution in [0, 0.1) is 11.3 Å². The summed E-state index contributed by atoms with van der Waals surface area (Å²) in [5.41, 5.74) is 11.7. The van der Waals surface area contributed by atoms with E-state index in [1.807, 2.05) is 19.1 Å². The van der Waals surface area contributed by atoms with Crippen molar-refractivity contribution in [2.75, 3.05) is 6.26 Å². The van der Waals surface area contributed by atoms with Crippen LogP contribution in [0.5, 0.6) is 0 Å². The number of thioether (sulfide) groups is 1. The van der Waals surface area contributed by atoms with Gasteiger partial charge < -0.3 is 5.73 Å². The summed E-state index contributed by atoms with van der Waals surface area (Å²) in [5.74, 6) is 0. The predicted octanol–water partition coefficient (Wildman–Crippen LogP) is 6.88. The van der Waals surface area contributed by atoms with E-state index in [-0.39, 0.29) is 0 Å². The van der Waals surface area contributed by atoms with E-state index in [0.29, 0.717) is 12.0 Å². The minimum absolute atomic E-state index is 0.565. The molecule has 1 aromatic rings. The van der Waals surface area contributed by atoms with Gasteiger partial charge in [0.15, 0.2) is 0 Å². The molecule has 0 heterocycles. The van der Waals surface area contributed by atoms with E-state index in [0.717, 1.165) is 16.7 Å². The maximum Gasteiger partial charge on any atom is 0.0988 e. The highest BCUT2D eigenvalue weighted by Gasteiger charge is 2.01. The van der Waals surface area contributed by atoms with E-state index in [1.165, 1.54) is 22.3 Å². The van der Waals surface area contributed by atoms with Crippen molar-refractivity contribution >= 4 is 17.3 Å². The molecule has 150 valence electrons. The SMILES string of the molecule is C=C\C(=C/C=C(C)/C(C)=C(/C=C\C)SC)c1ccc(C/C=C(C#N)\C=C/N)cc1. The molecular weight excluding hydrogens is 372 g/mol. The summed E-state index contributed by atoms with van der Waals surface area (Å²) in [6.07, 6.45) is 18.0. The van der Waals surface area contributed by atoms with Crippen molar-refractivity contribution in [3.8, 4) is 6.07 Å². The van der Waals surface area contributed by atoms with Gasteiger partial charge in [-0.2, -0.15) is 5.26 Å². The molecule has 0 unspecified atom stereocenters. The van der Waals surface area contributed by atoms with E-state index < -0.39 is 0 Å². The van der Waals surface area contributed by atoms with Crippen LogP contribution >= 0.6 is 11.8 Å². The van der Waals surface area contributed by atoms with Crippen molar-refractivity contribution in [1.29, 1.82) is 5.26 Å². The van der Waals surface area contributed by atoms with Crippen LogP contribution in [0.1, 0.15) is 31.9 Å². The summed E-state index contributed by atoms with van der Waals surface area (Å²) >= 11 is 1.76. The first-order chi connectivity index (χ1) is 14.0. The van der Waals surface area contributed by atoms with Crippen molar-refractivity contribution in [2.24, 2.45) is 5.73 Å². The lowest BCUT2D eigenvalue weighted by Crippen LogP contribution is -1.87. The van der Waals surface area contributed by atoms with Gasteiger partial charge in [-0.15, -0.1) is 11.8 Å². The summed E-state index contributed by atoms with van der Waals surface area (Å²) in [6, 6.07) is 10.4. The van der Waals surface area contributed by atoms with Gasteiger partial charge in [-0.1, -0.05) is 67.3 Å². The molecule has 2 nitrogen and oxygen atoms in total. The molecule has 0 radical (unpaired) electrons. The van der Waals surface area contributed by atoms with Crippen LogP contribution in [-0.2, 0) is 6.42 Å². The first-order valence-electron chi connectivity index (χ1n) is 9.47. The highest BCUT2D eigenvalue weighted by Crippen LogP contribution is 2.24. The molecular formula is C26H30N2S. The summed E-state index contributed by atoms with van der Waals surface area (Å²) in [4.78, 5) is 1.27. The smallest absolute Gasteiger partial charge is 0.0988 e. The minimum atomic E-state index is 0.565. The van der Waals surface area contributed by atoms with Crippen LogP contribution in [0.4, 0.5) is 0 Å². The number of allylic oxidation sites excluding steroid dienone is 11. The topological polar surface area (TPSA) is 49.8 Å². The molecule has 0 aliphatic heterocycles. The van der Waals surface area contributed by atoms with Crippen LogP contribution in [-0.4, -0.2) is 6.26 Å². The van der Waals surface area contributed by atoms with Gasteiger partial charge >= 0.3 is 0 Å². The zero-order chi connectivity index (χ0) is 21.6. The molecule has 0 bridgehead atoms. The van der Waals surface area contributed by atoms with Crippen molar-refractivity contribution in [3.63, 3.8) is 0 Å². The van der Waals surface area contributed by atoms with E-state index in [2.05, 4.69) is 81.3 Å². The summed E-state index contributed by atoms with van der Waals surface area (Å²) < 4.78 is 0. The van der Waals surface area contributed by atoms with E-state index >= 15 is 0 Å². The number of hydrogen-bond donors (Lipinski definition) is 1. The zero-order valence-corrected chi connectivity index (χ0v) is 18.6. The molecule has 0 aliphatic rings. The Morgan fingerprint density at radius 2 is 1.86 bits per heavy atom. The second-order valence-corrected chi connectivity index (χ2v) is 7.25. The van der Waals surface area contributed by atoms with Crippen LogP contribution in [0.25, 0.3) is 5.57 Å². The number of nitriles is 1. The first-order valence-corrected chi connectivity index (χ1v) is 10.7. The molecule has 29 heavy (non-hydrogen) atoms. The average molecular weight is 403 g/mol. The normalized spacial score (nSPS) is 14.2. The van der Waals surface area contributed by atoms with Crippen molar-refractivity contribution < 1.29 is 0 Å². The third-order valence-electron chi connectivity index (χ3n) is 4.48. The van der Waals surface area contributed by atoms with Crippen LogP contribution in [0.2, 0.25) is 0 Å². The second kappa shape index (κ2) is 13.3. The lowest BCUT2D eigenvalue weighted by molar-refractivity contribution is 1.25. The number of hydrogen-bond acceptors (Lipinski definition) is 3. The number of nitrogens with two attached hydrogens (primary N) is 1. The van der Waals surface area contributed by atoms with Crippen LogP contribution in [0.15, 0.2) is 101 Å². The molecule has 2 N–H and O–H groups in total. The Bertz CT molecular complexity index is 914. The Hall–Kier alpha value is -2.96. The Balaban J connectivity index is 3.07. The number of benzene rings is 1. The second-order valence-electron chi connectivity index (χ2n) is 6.40. The maximum absolute atomic E-state index is 9.05. The first kappa shape index (κ1) is 24.1. The molecule has 0 saturated heterocycles. The zero-order valence-electron chi connectivity index (χ0n) is 17.8. The largest absolute Gasteiger partial charge is 0.405 e. The lowest BCUT2D eigenvalue weighted by atomic mass is 10.0. The van der Waals surface area contributed by atoms with Gasteiger partial charge in [-0.3, -0.25) is 0 Å². The molecule has 0 spiro atoms. The molecule has 0 fully saturated rings. The molecule has 0 aromatic heterocycles. The van der Waals surface area contributed by atoms with Gasteiger partial charge in [0.25, 0.3) is 0 Å². The van der Waals surface area contributed by atoms with E-state index in [4.69, 9.17) is 11.0 Å². The molecule has 0 saturated carbocycles. The van der Waals surface area contributed by atoms with E-state index in [1.54, 1.807) is 17.8 Å². The Morgan fingerprint density at radius 3 is 2.38 bits per heavy atom. The van der Waals surface area contributed by atoms with Gasteiger partial charge in [-0.25, -0.2) is 0 Å². The Morgan fingerprint density at radius 1 is 1.17 bits per heavy atom. The molecule has 1 rings (SSSR count). The summed E-state index contributed by atoms with van der Waals surface area (Å²) in [5, 5.41) is 9.05. The third-order valence-corrected chi connectivity index (χ3v) is 5.36. The highest BCUT2D eigenvalue weighted by molar-refractivity contribution is 8.02. The molecule has 0 aliphatic carbocycles. The lowest BCUT2D eigenvalue weighted by Gasteiger charge is -2.07. The molecule has 3 heteroatoms. The Kier molecular flexibility index (Phi) is 11.0. The molecule has 0 amide bonds. The van der Waals surface area contributed by atoms with Gasteiger partial charge in [-0.05, 0) is 73.6 Å². The quantitative estimate of drug-likeness (QED) is 0.362.